The molecule has 0 atom stereocenters. The Kier molecular flexibility index (Phi) is 4.08. The predicted octanol–water partition coefficient (Wildman–Crippen LogP) is 3.31. The Balaban J connectivity index is 2.00. The Morgan fingerprint density at radius 1 is 1.33 bits per heavy atom. The SMILES string of the molecule is Cc1cc(CNCc2c(F)ccc(Br)c2F)no1. The van der Waals surface area contributed by atoms with Gasteiger partial charge in [-0.1, -0.05) is 5.16 Å². The van der Waals surface area contributed by atoms with Crippen LogP contribution in [0.3, 0.4) is 0 Å². The van der Waals surface area contributed by atoms with Crippen LogP contribution in [0.4, 0.5) is 8.78 Å². The van der Waals surface area contributed by atoms with E-state index < -0.39 is 11.6 Å². The average molecular weight is 317 g/mol. The zero-order chi connectivity index (χ0) is 13.1. The number of rotatable bonds is 4. The Morgan fingerprint density at radius 3 is 2.78 bits per heavy atom. The van der Waals surface area contributed by atoms with E-state index in [0.717, 1.165) is 0 Å². The highest BCUT2D eigenvalue weighted by atomic mass is 79.9. The lowest BCUT2D eigenvalue weighted by atomic mass is 10.2. The molecule has 0 amide bonds. The minimum Gasteiger partial charge on any atom is -0.361 e. The summed E-state index contributed by atoms with van der Waals surface area (Å²) in [6.45, 7) is 2.26. The second kappa shape index (κ2) is 5.58. The van der Waals surface area contributed by atoms with Gasteiger partial charge >= 0.3 is 0 Å². The van der Waals surface area contributed by atoms with Gasteiger partial charge in [0.15, 0.2) is 0 Å². The summed E-state index contributed by atoms with van der Waals surface area (Å²) in [5.41, 5.74) is 0.702. The van der Waals surface area contributed by atoms with Crippen LogP contribution in [0.5, 0.6) is 0 Å². The molecule has 0 radical (unpaired) electrons. The maximum Gasteiger partial charge on any atom is 0.144 e. The van der Waals surface area contributed by atoms with E-state index in [2.05, 4.69) is 26.4 Å². The Hall–Kier alpha value is -1.27. The Morgan fingerprint density at radius 2 is 2.11 bits per heavy atom. The van der Waals surface area contributed by atoms with E-state index in [1.807, 2.05) is 0 Å². The highest BCUT2D eigenvalue weighted by Gasteiger charge is 2.12. The summed E-state index contributed by atoms with van der Waals surface area (Å²) < 4.78 is 32.2. The van der Waals surface area contributed by atoms with E-state index in [1.54, 1.807) is 13.0 Å². The first kappa shape index (κ1) is 13.2. The molecule has 0 spiro atoms. The summed E-state index contributed by atoms with van der Waals surface area (Å²) in [5, 5.41) is 6.69. The minimum atomic E-state index is -0.584. The van der Waals surface area contributed by atoms with Gasteiger partial charge in [0.25, 0.3) is 0 Å². The molecule has 1 aromatic carbocycles. The van der Waals surface area contributed by atoms with Gasteiger partial charge in [-0.25, -0.2) is 8.78 Å². The fourth-order valence-electron chi connectivity index (χ4n) is 1.55. The molecule has 0 aliphatic heterocycles. The number of hydrogen-bond acceptors (Lipinski definition) is 3. The van der Waals surface area contributed by atoms with Crippen LogP contribution in [0.1, 0.15) is 17.0 Å². The molecule has 0 bridgehead atoms. The summed E-state index contributed by atoms with van der Waals surface area (Å²) in [4.78, 5) is 0. The fourth-order valence-corrected chi connectivity index (χ4v) is 1.92. The second-order valence-electron chi connectivity index (χ2n) is 3.85. The van der Waals surface area contributed by atoms with Gasteiger partial charge in [0.1, 0.15) is 17.4 Å². The van der Waals surface area contributed by atoms with Crippen LogP contribution in [-0.2, 0) is 13.1 Å². The number of nitrogens with zero attached hydrogens (tertiary/aromatic N) is 1. The summed E-state index contributed by atoms with van der Waals surface area (Å²) in [5.74, 6) is -0.454. The minimum absolute atomic E-state index is 0.00425. The quantitative estimate of drug-likeness (QED) is 0.879. The Bertz CT molecular complexity index is 557. The molecule has 0 unspecified atom stereocenters. The first-order chi connectivity index (χ1) is 8.58. The third kappa shape index (κ3) is 2.94. The first-order valence-corrected chi connectivity index (χ1v) is 6.12. The van der Waals surface area contributed by atoms with E-state index >= 15 is 0 Å². The van der Waals surface area contributed by atoms with Crippen LogP contribution in [0.15, 0.2) is 27.2 Å². The topological polar surface area (TPSA) is 38.1 Å². The van der Waals surface area contributed by atoms with Gasteiger partial charge in [-0.2, -0.15) is 0 Å². The van der Waals surface area contributed by atoms with Crippen molar-refractivity contribution in [3.63, 3.8) is 0 Å². The summed E-state index contributed by atoms with van der Waals surface area (Å²) in [7, 11) is 0. The molecule has 0 aliphatic carbocycles. The number of halogens is 3. The standard InChI is InChI=1S/C12H11BrF2N2O/c1-7-4-8(17-18-7)5-16-6-9-11(14)3-2-10(13)12(9)15/h2-4,16H,5-6H2,1H3. The van der Waals surface area contributed by atoms with Crippen molar-refractivity contribution in [2.45, 2.75) is 20.0 Å². The highest BCUT2D eigenvalue weighted by Crippen LogP contribution is 2.21. The molecule has 1 heterocycles. The maximum atomic E-state index is 13.6. The van der Waals surface area contributed by atoms with Gasteiger partial charge in [-0.3, -0.25) is 0 Å². The lowest BCUT2D eigenvalue weighted by Crippen LogP contribution is -2.15. The van der Waals surface area contributed by atoms with Crippen molar-refractivity contribution in [2.24, 2.45) is 0 Å². The number of hydrogen-bond donors (Lipinski definition) is 1. The van der Waals surface area contributed by atoms with E-state index in [1.165, 1.54) is 12.1 Å². The number of nitrogens with one attached hydrogen (secondary N) is 1. The average Bonchev–Trinajstić information content (AvgIpc) is 2.74. The lowest BCUT2D eigenvalue weighted by molar-refractivity contribution is 0.388. The molecule has 2 rings (SSSR count). The van der Waals surface area contributed by atoms with Crippen molar-refractivity contribution in [2.75, 3.05) is 0 Å². The molecule has 0 aliphatic rings. The van der Waals surface area contributed by atoms with Crippen LogP contribution in [0.25, 0.3) is 0 Å². The molecule has 6 heteroatoms. The van der Waals surface area contributed by atoms with E-state index in [0.29, 0.717) is 18.0 Å². The highest BCUT2D eigenvalue weighted by molar-refractivity contribution is 9.10. The molecule has 0 saturated heterocycles. The van der Waals surface area contributed by atoms with Crippen LogP contribution >= 0.6 is 15.9 Å². The van der Waals surface area contributed by atoms with Crippen LogP contribution in [-0.4, -0.2) is 5.16 Å². The number of benzene rings is 1. The molecule has 0 fully saturated rings. The third-order valence-corrected chi connectivity index (χ3v) is 3.04. The number of aryl methyl sites for hydroxylation is 1. The van der Waals surface area contributed by atoms with Crippen molar-refractivity contribution >= 4 is 15.9 Å². The van der Waals surface area contributed by atoms with E-state index in [-0.39, 0.29) is 16.6 Å². The molecule has 3 nitrogen and oxygen atoms in total. The van der Waals surface area contributed by atoms with Crippen molar-refractivity contribution in [1.82, 2.24) is 10.5 Å². The zero-order valence-electron chi connectivity index (χ0n) is 9.64. The van der Waals surface area contributed by atoms with Crippen molar-refractivity contribution < 1.29 is 13.3 Å². The van der Waals surface area contributed by atoms with Gasteiger partial charge < -0.3 is 9.84 Å². The van der Waals surface area contributed by atoms with Crippen molar-refractivity contribution in [3.8, 4) is 0 Å². The van der Waals surface area contributed by atoms with Crippen LogP contribution in [0.2, 0.25) is 0 Å². The summed E-state index contributed by atoms with van der Waals surface area (Å²) in [6, 6.07) is 4.33. The second-order valence-corrected chi connectivity index (χ2v) is 4.71. The molecule has 1 N–H and O–H groups in total. The van der Waals surface area contributed by atoms with Crippen LogP contribution in [0, 0.1) is 18.6 Å². The monoisotopic (exact) mass is 316 g/mol. The number of aromatic nitrogens is 1. The predicted molar refractivity (Wildman–Crippen MR) is 65.8 cm³/mol. The van der Waals surface area contributed by atoms with E-state index in [4.69, 9.17) is 4.52 Å². The van der Waals surface area contributed by atoms with Gasteiger partial charge in [-0.05, 0) is 35.0 Å². The maximum absolute atomic E-state index is 13.6. The normalized spacial score (nSPS) is 10.9. The first-order valence-electron chi connectivity index (χ1n) is 5.33. The van der Waals surface area contributed by atoms with Gasteiger partial charge in [0.05, 0.1) is 10.2 Å². The van der Waals surface area contributed by atoms with Crippen molar-refractivity contribution in [1.29, 1.82) is 0 Å². The largest absolute Gasteiger partial charge is 0.361 e. The van der Waals surface area contributed by atoms with Gasteiger partial charge in [0, 0.05) is 24.7 Å². The molecule has 0 saturated carbocycles. The summed E-state index contributed by atoms with van der Waals surface area (Å²) >= 11 is 3.02. The van der Waals surface area contributed by atoms with Gasteiger partial charge in [-0.15, -0.1) is 0 Å². The van der Waals surface area contributed by atoms with Crippen molar-refractivity contribution in [3.05, 3.63) is 51.3 Å². The van der Waals surface area contributed by atoms with Crippen LogP contribution < -0.4 is 5.32 Å². The lowest BCUT2D eigenvalue weighted by Gasteiger charge is -2.07. The molecule has 1 aromatic heterocycles. The van der Waals surface area contributed by atoms with Gasteiger partial charge in [0.2, 0.25) is 0 Å². The molecule has 2 aromatic rings. The molecular weight excluding hydrogens is 306 g/mol. The molecular formula is C12H11BrF2N2O. The fraction of sp³-hybridized carbons (Fsp3) is 0.250. The third-order valence-electron chi connectivity index (χ3n) is 2.42. The summed E-state index contributed by atoms with van der Waals surface area (Å²) in [6.07, 6.45) is 0. The smallest absolute Gasteiger partial charge is 0.144 e. The van der Waals surface area contributed by atoms with E-state index in [9.17, 15) is 8.78 Å². The molecule has 18 heavy (non-hydrogen) atoms. The zero-order valence-corrected chi connectivity index (χ0v) is 11.2. The Labute approximate surface area is 111 Å². The molecule has 96 valence electrons.